The minimum atomic E-state index is -0.440. The quantitative estimate of drug-likeness (QED) is 0.665. The van der Waals surface area contributed by atoms with Crippen LogP contribution in [0, 0.1) is 17.7 Å². The number of hydrogen-bond acceptors (Lipinski definition) is 3. The van der Waals surface area contributed by atoms with Gasteiger partial charge in [0.25, 0.3) is 0 Å². The number of aromatic nitrogens is 1. The molecule has 134 valence electrons. The van der Waals surface area contributed by atoms with Gasteiger partial charge < -0.3 is 10.1 Å². The van der Waals surface area contributed by atoms with E-state index in [-0.39, 0.29) is 18.5 Å². The second-order valence-corrected chi connectivity index (χ2v) is 5.65. The Hall–Kier alpha value is -3.65. The van der Waals surface area contributed by atoms with Crippen LogP contribution in [0.25, 0.3) is 0 Å². The molecular weight excluding hydrogens is 343 g/mol. The molecular formula is C22H17FN2O2. The Bertz CT molecular complexity index is 921. The highest BCUT2D eigenvalue weighted by atomic mass is 19.1. The van der Waals surface area contributed by atoms with Crippen LogP contribution in [-0.2, 0) is 4.74 Å². The van der Waals surface area contributed by atoms with Crippen LogP contribution in [-0.4, -0.2) is 17.7 Å². The van der Waals surface area contributed by atoms with Gasteiger partial charge in [0.15, 0.2) is 0 Å². The van der Waals surface area contributed by atoms with Gasteiger partial charge in [0.2, 0.25) is 0 Å². The van der Waals surface area contributed by atoms with E-state index in [1.807, 2.05) is 48.5 Å². The smallest absolute Gasteiger partial charge is 0.407 e. The summed E-state index contributed by atoms with van der Waals surface area (Å²) in [6.07, 6.45) is -0.440. The molecule has 1 fully saturated rings. The number of alkyl carbamates (subject to hydrolysis) is 1. The van der Waals surface area contributed by atoms with Gasteiger partial charge in [-0.05, 0) is 42.3 Å². The molecule has 1 aromatic heterocycles. The predicted molar refractivity (Wildman–Crippen MR) is 100 cm³/mol. The third-order valence-corrected chi connectivity index (χ3v) is 3.65. The van der Waals surface area contributed by atoms with Crippen molar-refractivity contribution in [2.45, 2.75) is 6.04 Å². The predicted octanol–water partition coefficient (Wildman–Crippen LogP) is 4.09. The number of rotatable bonds is 1. The maximum Gasteiger partial charge on any atom is 0.407 e. The van der Waals surface area contributed by atoms with E-state index >= 15 is 0 Å². The molecule has 0 unspecified atom stereocenters. The number of carbonyl (C=O) groups is 1. The second-order valence-electron chi connectivity index (χ2n) is 5.65. The Labute approximate surface area is 157 Å². The van der Waals surface area contributed by atoms with Gasteiger partial charge in [0.05, 0.1) is 5.69 Å². The number of pyridine rings is 1. The van der Waals surface area contributed by atoms with Crippen LogP contribution in [0.5, 0.6) is 0 Å². The minimum Gasteiger partial charge on any atom is -0.447 e. The number of carbonyl (C=O) groups excluding carboxylic acids is 1. The zero-order valence-corrected chi connectivity index (χ0v) is 14.4. The first-order valence-electron chi connectivity index (χ1n) is 8.38. The molecule has 1 saturated heterocycles. The Morgan fingerprint density at radius 2 is 1.59 bits per heavy atom. The molecule has 2 aromatic carbocycles. The van der Waals surface area contributed by atoms with Crippen molar-refractivity contribution in [2.24, 2.45) is 0 Å². The van der Waals surface area contributed by atoms with E-state index in [0.717, 1.165) is 0 Å². The molecule has 0 saturated carbocycles. The summed E-state index contributed by atoms with van der Waals surface area (Å²) < 4.78 is 17.6. The lowest BCUT2D eigenvalue weighted by atomic mass is 10.2. The summed E-state index contributed by atoms with van der Waals surface area (Å²) >= 11 is 0. The van der Waals surface area contributed by atoms with Crippen LogP contribution in [0.4, 0.5) is 9.18 Å². The van der Waals surface area contributed by atoms with Gasteiger partial charge in [-0.2, -0.15) is 0 Å². The molecule has 4 nitrogen and oxygen atoms in total. The van der Waals surface area contributed by atoms with E-state index in [9.17, 15) is 9.18 Å². The van der Waals surface area contributed by atoms with Crippen LogP contribution in [0.2, 0.25) is 0 Å². The molecule has 27 heavy (non-hydrogen) atoms. The maximum absolute atomic E-state index is 12.8. The molecule has 3 aromatic rings. The van der Waals surface area contributed by atoms with E-state index in [0.29, 0.717) is 17.0 Å². The molecule has 2 heterocycles. The number of amides is 1. The molecule has 1 aliphatic rings. The molecule has 1 amide bonds. The van der Waals surface area contributed by atoms with Gasteiger partial charge in [-0.15, -0.1) is 0 Å². The summed E-state index contributed by atoms with van der Waals surface area (Å²) in [5, 5.41) is 2.66. The highest BCUT2D eigenvalue weighted by molar-refractivity contribution is 5.69. The molecule has 1 aliphatic heterocycles. The number of nitrogens with zero attached hydrogens (tertiary/aromatic N) is 1. The topological polar surface area (TPSA) is 51.2 Å². The number of halogens is 1. The van der Waals surface area contributed by atoms with E-state index < -0.39 is 6.09 Å². The Morgan fingerprint density at radius 1 is 0.926 bits per heavy atom. The van der Waals surface area contributed by atoms with Crippen LogP contribution in [0.3, 0.4) is 0 Å². The first-order valence-corrected chi connectivity index (χ1v) is 8.38. The van der Waals surface area contributed by atoms with Gasteiger partial charge in [0, 0.05) is 5.56 Å². The van der Waals surface area contributed by atoms with Crippen LogP contribution in [0.1, 0.15) is 23.0 Å². The lowest BCUT2D eigenvalue weighted by Crippen LogP contribution is -2.19. The number of benzene rings is 2. The average Bonchev–Trinajstić information content (AvgIpc) is 3.16. The number of ether oxygens (including phenoxy) is 1. The fraction of sp³-hybridized carbons (Fsp3) is 0.0909. The number of cyclic esters (lactones) is 1. The third-order valence-electron chi connectivity index (χ3n) is 3.65. The second kappa shape index (κ2) is 9.16. The molecule has 0 aliphatic carbocycles. The van der Waals surface area contributed by atoms with Gasteiger partial charge in [-0.1, -0.05) is 48.4 Å². The lowest BCUT2D eigenvalue weighted by Gasteiger charge is -2.06. The fourth-order valence-corrected chi connectivity index (χ4v) is 2.31. The van der Waals surface area contributed by atoms with Gasteiger partial charge >= 0.3 is 6.09 Å². The summed E-state index contributed by atoms with van der Waals surface area (Å²) in [5.41, 5.74) is 1.99. The Morgan fingerprint density at radius 3 is 2.19 bits per heavy atom. The molecule has 0 radical (unpaired) electrons. The summed E-state index contributed by atoms with van der Waals surface area (Å²) in [4.78, 5) is 15.4. The number of nitrogens with one attached hydrogen (secondary N) is 1. The van der Waals surface area contributed by atoms with E-state index in [1.165, 1.54) is 12.1 Å². The van der Waals surface area contributed by atoms with Crippen molar-refractivity contribution in [2.75, 3.05) is 6.61 Å². The molecule has 4 rings (SSSR count). The largest absolute Gasteiger partial charge is 0.447 e. The first kappa shape index (κ1) is 18.2. The Balaban J connectivity index is 0.000000299. The molecule has 0 bridgehead atoms. The highest BCUT2D eigenvalue weighted by Gasteiger charge is 2.24. The number of hydrogen-bond donors (Lipinski definition) is 1. The zero-order valence-electron chi connectivity index (χ0n) is 14.4. The van der Waals surface area contributed by atoms with Crippen LogP contribution < -0.4 is 5.32 Å². The van der Waals surface area contributed by atoms with Gasteiger partial charge in [-0.3, -0.25) is 0 Å². The molecule has 1 atom stereocenters. The highest BCUT2D eigenvalue weighted by Crippen LogP contribution is 2.16. The Kier molecular flexibility index (Phi) is 6.16. The minimum absolute atomic E-state index is 0.245. The van der Waals surface area contributed by atoms with Crippen molar-refractivity contribution >= 4 is 6.09 Å². The first-order chi connectivity index (χ1) is 13.2. The van der Waals surface area contributed by atoms with Crippen molar-refractivity contribution in [1.29, 1.82) is 0 Å². The average molecular weight is 360 g/mol. The van der Waals surface area contributed by atoms with Gasteiger partial charge in [-0.25, -0.2) is 14.2 Å². The van der Waals surface area contributed by atoms with Crippen molar-refractivity contribution in [3.05, 3.63) is 102 Å². The van der Waals surface area contributed by atoms with Crippen LogP contribution in [0.15, 0.2) is 78.9 Å². The monoisotopic (exact) mass is 360 g/mol. The summed E-state index contributed by atoms with van der Waals surface area (Å²) in [6.45, 7) is 0.265. The molecule has 0 spiro atoms. The van der Waals surface area contributed by atoms with E-state index in [2.05, 4.69) is 22.1 Å². The van der Waals surface area contributed by atoms with E-state index in [1.54, 1.807) is 18.2 Å². The normalized spacial score (nSPS) is 14.7. The SMILES string of the molecule is O=C1N[C@H](c2cccc(C#Cc3ccc(F)cc3)n2)CO1.c1ccccc1. The third kappa shape index (κ3) is 5.68. The van der Waals surface area contributed by atoms with E-state index in [4.69, 9.17) is 4.74 Å². The maximum atomic E-state index is 12.8. The summed E-state index contributed by atoms with van der Waals surface area (Å²) in [5.74, 6) is 5.54. The molecule has 5 heteroatoms. The van der Waals surface area contributed by atoms with Gasteiger partial charge in [0.1, 0.15) is 24.2 Å². The summed E-state index contributed by atoms with van der Waals surface area (Å²) in [6, 6.07) is 23.1. The van der Waals surface area contributed by atoms with Crippen molar-refractivity contribution in [3.63, 3.8) is 0 Å². The standard InChI is InChI=1S/C16H11FN2O2.C6H6/c17-12-7-4-11(5-8-12)6-9-13-2-1-3-14(18-13)15-10-21-16(20)19-15;1-2-4-6-5-3-1/h1-5,7-8,15H,10H2,(H,19,20);1-6H/t15-;/m0./s1. The van der Waals surface area contributed by atoms with Crippen molar-refractivity contribution in [1.82, 2.24) is 10.3 Å². The fourth-order valence-electron chi connectivity index (χ4n) is 2.31. The van der Waals surface area contributed by atoms with Crippen LogP contribution >= 0.6 is 0 Å². The van der Waals surface area contributed by atoms with Crippen molar-refractivity contribution < 1.29 is 13.9 Å². The summed E-state index contributed by atoms with van der Waals surface area (Å²) in [7, 11) is 0. The lowest BCUT2D eigenvalue weighted by molar-refractivity contribution is 0.177. The van der Waals surface area contributed by atoms with Crippen molar-refractivity contribution in [3.8, 4) is 11.8 Å². The zero-order chi connectivity index (χ0) is 18.9. The molecule has 1 N–H and O–H groups in total.